The fraction of sp³-hybridized carbons (Fsp3) is 0.281. The SMILES string of the molecule is CC[C@]12C(=O)[C@@](CC)(C(c3ccccc3)=C1c1ccccc1)[C@@H]1C(=O)N(c3cccc(Cl)c3C)C(=O)[C@H]12. The van der Waals surface area contributed by atoms with Crippen molar-refractivity contribution in [3.63, 3.8) is 0 Å². The van der Waals surface area contributed by atoms with Crippen molar-refractivity contribution in [1.29, 1.82) is 0 Å². The van der Waals surface area contributed by atoms with Crippen molar-refractivity contribution in [2.75, 3.05) is 4.90 Å². The number of amides is 2. The average Bonchev–Trinajstić information content (AvgIpc) is 3.42. The van der Waals surface area contributed by atoms with Crippen molar-refractivity contribution >= 4 is 46.0 Å². The number of rotatable bonds is 5. The number of Topliss-reactive ketones (excluding diaryl/α,β-unsaturated/α-hetero) is 1. The second kappa shape index (κ2) is 8.26. The summed E-state index contributed by atoms with van der Waals surface area (Å²) in [5, 5.41) is 0.498. The smallest absolute Gasteiger partial charge is 0.239 e. The number of fused-ring (bicyclic) bond motifs is 5. The maximum atomic E-state index is 14.7. The van der Waals surface area contributed by atoms with Crippen molar-refractivity contribution < 1.29 is 14.4 Å². The van der Waals surface area contributed by atoms with Crippen LogP contribution in [-0.4, -0.2) is 17.6 Å². The third-order valence-corrected chi connectivity index (χ3v) is 9.45. The van der Waals surface area contributed by atoms with Crippen LogP contribution in [0.5, 0.6) is 0 Å². The van der Waals surface area contributed by atoms with Crippen LogP contribution >= 0.6 is 11.6 Å². The van der Waals surface area contributed by atoms with Crippen molar-refractivity contribution in [3.05, 3.63) is 101 Å². The summed E-state index contributed by atoms with van der Waals surface area (Å²) >= 11 is 6.41. The van der Waals surface area contributed by atoms with Gasteiger partial charge in [0.2, 0.25) is 11.8 Å². The van der Waals surface area contributed by atoms with E-state index < -0.39 is 22.7 Å². The molecule has 0 N–H and O–H groups in total. The number of allylic oxidation sites excluding steroid dienone is 2. The Balaban J connectivity index is 1.68. The first-order valence-corrected chi connectivity index (χ1v) is 13.3. The molecule has 37 heavy (non-hydrogen) atoms. The quantitative estimate of drug-likeness (QED) is 0.357. The van der Waals surface area contributed by atoms with E-state index in [1.54, 1.807) is 18.2 Å². The van der Waals surface area contributed by atoms with Crippen LogP contribution in [-0.2, 0) is 14.4 Å². The Kier molecular flexibility index (Phi) is 5.33. The van der Waals surface area contributed by atoms with E-state index in [2.05, 4.69) is 0 Å². The highest BCUT2D eigenvalue weighted by molar-refractivity contribution is 6.36. The zero-order chi connectivity index (χ0) is 26.1. The second-order valence-electron chi connectivity index (χ2n) is 10.3. The van der Waals surface area contributed by atoms with Crippen molar-refractivity contribution in [1.82, 2.24) is 0 Å². The Bertz CT molecular complexity index is 1410. The van der Waals surface area contributed by atoms with Crippen LogP contribution in [0.25, 0.3) is 11.1 Å². The molecule has 0 unspecified atom stereocenters. The summed E-state index contributed by atoms with van der Waals surface area (Å²) in [6, 6.07) is 25.1. The van der Waals surface area contributed by atoms with Gasteiger partial charge < -0.3 is 0 Å². The molecule has 1 heterocycles. The first-order chi connectivity index (χ1) is 17.9. The van der Waals surface area contributed by atoms with Gasteiger partial charge in [-0.15, -0.1) is 0 Å². The van der Waals surface area contributed by atoms with Gasteiger partial charge in [0.25, 0.3) is 0 Å². The molecule has 4 atom stereocenters. The molecule has 1 saturated carbocycles. The van der Waals surface area contributed by atoms with Gasteiger partial charge in [-0.05, 0) is 59.7 Å². The first-order valence-electron chi connectivity index (χ1n) is 12.9. The monoisotopic (exact) mass is 509 g/mol. The summed E-state index contributed by atoms with van der Waals surface area (Å²) in [7, 11) is 0. The number of imide groups is 1. The fourth-order valence-corrected chi connectivity index (χ4v) is 7.70. The number of nitrogens with zero attached hydrogens (tertiary/aromatic N) is 1. The van der Waals surface area contributed by atoms with E-state index in [4.69, 9.17) is 11.6 Å². The molecule has 4 nitrogen and oxygen atoms in total. The molecule has 186 valence electrons. The molecule has 2 bridgehead atoms. The van der Waals surface area contributed by atoms with Crippen molar-refractivity contribution in [2.24, 2.45) is 22.7 Å². The molecule has 3 aliphatic rings. The molecule has 1 aliphatic heterocycles. The van der Waals surface area contributed by atoms with Crippen LogP contribution in [0.1, 0.15) is 43.4 Å². The van der Waals surface area contributed by atoms with E-state index in [-0.39, 0.29) is 17.6 Å². The summed E-state index contributed by atoms with van der Waals surface area (Å²) in [6.07, 6.45) is 0.882. The van der Waals surface area contributed by atoms with Crippen LogP contribution in [0.4, 0.5) is 5.69 Å². The lowest BCUT2D eigenvalue weighted by atomic mass is 9.60. The fourth-order valence-electron chi connectivity index (χ4n) is 7.53. The Morgan fingerprint density at radius 2 is 1.16 bits per heavy atom. The van der Waals surface area contributed by atoms with Crippen LogP contribution in [0.2, 0.25) is 5.02 Å². The van der Waals surface area contributed by atoms with Gasteiger partial charge in [-0.1, -0.05) is 92.2 Å². The molecule has 2 fully saturated rings. The van der Waals surface area contributed by atoms with Crippen LogP contribution in [0, 0.1) is 29.6 Å². The predicted octanol–water partition coefficient (Wildman–Crippen LogP) is 6.75. The lowest BCUT2D eigenvalue weighted by Gasteiger charge is -2.38. The molecule has 2 aliphatic carbocycles. The minimum atomic E-state index is -1.08. The predicted molar refractivity (Wildman–Crippen MR) is 146 cm³/mol. The zero-order valence-electron chi connectivity index (χ0n) is 21.1. The largest absolute Gasteiger partial charge is 0.298 e. The van der Waals surface area contributed by atoms with E-state index in [1.165, 1.54) is 4.90 Å². The van der Waals surface area contributed by atoms with E-state index in [0.29, 0.717) is 29.1 Å². The summed E-state index contributed by atoms with van der Waals surface area (Å²) in [5.41, 5.74) is 2.69. The molecule has 0 spiro atoms. The van der Waals surface area contributed by atoms with Crippen molar-refractivity contribution in [3.8, 4) is 0 Å². The maximum absolute atomic E-state index is 14.7. The van der Waals surface area contributed by atoms with Crippen LogP contribution < -0.4 is 4.90 Å². The topological polar surface area (TPSA) is 54.5 Å². The number of anilines is 1. The van der Waals surface area contributed by atoms with Gasteiger partial charge in [0.05, 0.1) is 28.4 Å². The summed E-state index contributed by atoms with van der Waals surface area (Å²) in [5.74, 6) is -2.09. The zero-order valence-corrected chi connectivity index (χ0v) is 21.9. The molecule has 6 rings (SSSR count). The van der Waals surface area contributed by atoms with Gasteiger partial charge in [-0.25, -0.2) is 4.90 Å². The van der Waals surface area contributed by atoms with E-state index in [1.807, 2.05) is 81.4 Å². The number of halogens is 1. The summed E-state index contributed by atoms with van der Waals surface area (Å²) in [6.45, 7) is 5.77. The number of benzene rings is 3. The number of hydrogen-bond donors (Lipinski definition) is 0. The van der Waals surface area contributed by atoms with Gasteiger partial charge >= 0.3 is 0 Å². The summed E-state index contributed by atoms with van der Waals surface area (Å²) < 4.78 is 0. The second-order valence-corrected chi connectivity index (χ2v) is 10.7. The van der Waals surface area contributed by atoms with Gasteiger partial charge in [-0.3, -0.25) is 14.4 Å². The van der Waals surface area contributed by atoms with Gasteiger partial charge in [0.1, 0.15) is 0 Å². The molecule has 1 saturated heterocycles. The standard InChI is InChI=1S/C32H28ClNO3/c1-4-31-24(20-13-8-6-9-14-20)25(21-15-10-7-11-16-21)32(5-2,30(31)37)27-26(31)28(35)34(29(27)36)23-18-12-17-22(33)19(23)3/h6-18,26-27H,4-5H2,1-3H3/t26-,27-,31-,32-/m0/s1. The number of hydrogen-bond acceptors (Lipinski definition) is 3. The Hall–Kier alpha value is -3.50. The van der Waals surface area contributed by atoms with E-state index in [0.717, 1.165) is 22.3 Å². The highest BCUT2D eigenvalue weighted by atomic mass is 35.5. The number of carbonyl (C=O) groups excluding carboxylic acids is 3. The molecule has 5 heteroatoms. The molecule has 3 aromatic rings. The van der Waals surface area contributed by atoms with E-state index >= 15 is 0 Å². The third kappa shape index (κ3) is 2.77. The number of ketones is 1. The highest BCUT2D eigenvalue weighted by Crippen LogP contribution is 2.75. The lowest BCUT2D eigenvalue weighted by Crippen LogP contribution is -2.42. The van der Waals surface area contributed by atoms with E-state index in [9.17, 15) is 14.4 Å². The highest BCUT2D eigenvalue weighted by Gasteiger charge is 2.80. The Morgan fingerprint density at radius 3 is 1.59 bits per heavy atom. The molecule has 0 aromatic heterocycles. The molecule has 2 amide bonds. The van der Waals surface area contributed by atoms with Crippen LogP contribution in [0.3, 0.4) is 0 Å². The molecule has 3 aromatic carbocycles. The molecular formula is C32H28ClNO3. The molecular weight excluding hydrogens is 482 g/mol. The normalized spacial score (nSPS) is 28.4. The minimum Gasteiger partial charge on any atom is -0.298 e. The van der Waals surface area contributed by atoms with Gasteiger partial charge in [0, 0.05) is 5.02 Å². The third-order valence-electron chi connectivity index (χ3n) is 9.04. The summed E-state index contributed by atoms with van der Waals surface area (Å²) in [4.78, 5) is 44.7. The van der Waals surface area contributed by atoms with Gasteiger partial charge in [0.15, 0.2) is 5.78 Å². The van der Waals surface area contributed by atoms with Crippen molar-refractivity contribution in [2.45, 2.75) is 33.6 Å². The lowest BCUT2D eigenvalue weighted by molar-refractivity contribution is -0.134. The maximum Gasteiger partial charge on any atom is 0.239 e. The minimum absolute atomic E-state index is 0.0156. The number of carbonyl (C=O) groups is 3. The van der Waals surface area contributed by atoms with Crippen LogP contribution in [0.15, 0.2) is 78.9 Å². The first kappa shape index (κ1) is 23.9. The Morgan fingerprint density at radius 1 is 0.703 bits per heavy atom. The van der Waals surface area contributed by atoms with Gasteiger partial charge in [-0.2, -0.15) is 0 Å². The molecule has 0 radical (unpaired) electrons. The average molecular weight is 510 g/mol. The Labute approximate surface area is 221 Å².